The molecule has 0 saturated carbocycles. The fraction of sp³-hybridized carbons (Fsp3) is 0.292. The molecule has 1 aliphatic heterocycles. The molecule has 3 aromatic rings. The lowest BCUT2D eigenvalue weighted by Crippen LogP contribution is -2.41. The van der Waals surface area contributed by atoms with Crippen molar-refractivity contribution in [1.29, 1.82) is 0 Å². The van der Waals surface area contributed by atoms with Crippen LogP contribution in [-0.4, -0.2) is 46.6 Å². The van der Waals surface area contributed by atoms with Gasteiger partial charge >= 0.3 is 0 Å². The van der Waals surface area contributed by atoms with Gasteiger partial charge in [-0.2, -0.15) is 4.31 Å². The van der Waals surface area contributed by atoms with E-state index in [-0.39, 0.29) is 22.6 Å². The van der Waals surface area contributed by atoms with Crippen molar-refractivity contribution in [2.24, 2.45) is 7.05 Å². The molecule has 8 nitrogen and oxygen atoms in total. The SMILES string of the molecule is CC1CCCCN1S(=O)(=O)c1ccc(C(=O)Nc2ccc(C(=O)c3nccn3C)cc2)cc1. The number of nitrogens with one attached hydrogen (secondary N) is 1. The second-order valence-corrected chi connectivity index (χ2v) is 10.1. The van der Waals surface area contributed by atoms with Crippen molar-refractivity contribution in [3.63, 3.8) is 0 Å². The highest BCUT2D eigenvalue weighted by atomic mass is 32.2. The Morgan fingerprint density at radius 1 is 1.00 bits per heavy atom. The Morgan fingerprint density at radius 3 is 2.27 bits per heavy atom. The normalized spacial score (nSPS) is 17.0. The number of anilines is 1. The third-order valence-electron chi connectivity index (χ3n) is 5.89. The largest absolute Gasteiger partial charge is 0.331 e. The lowest BCUT2D eigenvalue weighted by atomic mass is 10.1. The van der Waals surface area contributed by atoms with Gasteiger partial charge in [0.2, 0.25) is 15.8 Å². The van der Waals surface area contributed by atoms with Crippen LogP contribution in [0.1, 0.15) is 52.7 Å². The van der Waals surface area contributed by atoms with Gasteiger partial charge in [0.25, 0.3) is 5.91 Å². The quantitative estimate of drug-likeness (QED) is 0.561. The van der Waals surface area contributed by atoms with Crippen LogP contribution in [0.15, 0.2) is 65.8 Å². The first-order chi connectivity index (χ1) is 15.8. The number of ketones is 1. The van der Waals surface area contributed by atoms with E-state index in [1.165, 1.54) is 24.3 Å². The van der Waals surface area contributed by atoms with Crippen LogP contribution < -0.4 is 5.32 Å². The highest BCUT2D eigenvalue weighted by molar-refractivity contribution is 7.89. The Kier molecular flexibility index (Phi) is 6.44. The standard InChI is InChI=1S/C24H26N4O4S/c1-17-5-3-4-15-28(17)33(31,32)21-12-8-19(9-13-21)24(30)26-20-10-6-18(7-11-20)22(29)23-25-14-16-27(23)2/h6-14,16-17H,3-5,15H2,1-2H3,(H,26,30). The molecule has 9 heteroatoms. The van der Waals surface area contributed by atoms with Crippen LogP contribution in [0.2, 0.25) is 0 Å². The maximum Gasteiger partial charge on any atom is 0.255 e. The summed E-state index contributed by atoms with van der Waals surface area (Å²) in [5.41, 5.74) is 1.33. The smallest absolute Gasteiger partial charge is 0.255 e. The third kappa shape index (κ3) is 4.74. The van der Waals surface area contributed by atoms with E-state index in [2.05, 4.69) is 10.3 Å². The second kappa shape index (κ2) is 9.29. The minimum atomic E-state index is -3.58. The van der Waals surface area contributed by atoms with Gasteiger partial charge < -0.3 is 9.88 Å². The fourth-order valence-electron chi connectivity index (χ4n) is 3.96. The fourth-order valence-corrected chi connectivity index (χ4v) is 5.66. The monoisotopic (exact) mass is 466 g/mol. The highest BCUT2D eigenvalue weighted by Crippen LogP contribution is 2.25. The molecule has 0 bridgehead atoms. The van der Waals surface area contributed by atoms with Crippen molar-refractivity contribution in [2.45, 2.75) is 37.1 Å². The van der Waals surface area contributed by atoms with Crippen molar-refractivity contribution in [2.75, 3.05) is 11.9 Å². The van der Waals surface area contributed by atoms with Crippen molar-refractivity contribution >= 4 is 27.4 Å². The molecule has 1 amide bonds. The number of aryl methyl sites for hydroxylation is 1. The molecule has 1 aromatic heterocycles. The number of piperidine rings is 1. The van der Waals surface area contributed by atoms with Gasteiger partial charge in [0.1, 0.15) is 0 Å². The van der Waals surface area contributed by atoms with Gasteiger partial charge in [0, 0.05) is 48.8 Å². The summed E-state index contributed by atoms with van der Waals surface area (Å²) in [6, 6.07) is 12.5. The van der Waals surface area contributed by atoms with E-state index in [9.17, 15) is 18.0 Å². The summed E-state index contributed by atoms with van der Waals surface area (Å²) in [6.45, 7) is 2.44. The number of aromatic nitrogens is 2. The first-order valence-electron chi connectivity index (χ1n) is 10.8. The molecule has 1 aliphatic rings. The Balaban J connectivity index is 1.44. The Bertz CT molecular complexity index is 1260. The summed E-state index contributed by atoms with van der Waals surface area (Å²) in [5.74, 6) is -0.241. The van der Waals surface area contributed by atoms with Crippen molar-refractivity contribution in [3.8, 4) is 0 Å². The Labute approximate surface area is 193 Å². The van der Waals surface area contributed by atoms with Crippen LogP contribution in [0.5, 0.6) is 0 Å². The van der Waals surface area contributed by atoms with Gasteiger partial charge in [-0.1, -0.05) is 6.42 Å². The molecule has 4 rings (SSSR count). The van der Waals surface area contributed by atoms with Crippen molar-refractivity contribution in [1.82, 2.24) is 13.9 Å². The third-order valence-corrected chi connectivity index (χ3v) is 7.92. The van der Waals surface area contributed by atoms with Gasteiger partial charge in [0.05, 0.1) is 4.90 Å². The molecule has 0 spiro atoms. The number of benzene rings is 2. The van der Waals surface area contributed by atoms with Crippen LogP contribution in [0, 0.1) is 0 Å². The van der Waals surface area contributed by atoms with E-state index in [4.69, 9.17) is 0 Å². The van der Waals surface area contributed by atoms with E-state index < -0.39 is 10.0 Å². The predicted octanol–water partition coefficient (Wildman–Crippen LogP) is 3.47. The van der Waals surface area contributed by atoms with Crippen LogP contribution >= 0.6 is 0 Å². The average molecular weight is 467 g/mol. The summed E-state index contributed by atoms with van der Waals surface area (Å²) in [4.78, 5) is 29.4. The van der Waals surface area contributed by atoms with Crippen LogP contribution in [-0.2, 0) is 17.1 Å². The molecule has 1 saturated heterocycles. The summed E-state index contributed by atoms with van der Waals surface area (Å²) in [6.07, 6.45) is 6.00. The number of carbonyl (C=O) groups excluding carboxylic acids is 2. The molecular formula is C24H26N4O4S. The van der Waals surface area contributed by atoms with Gasteiger partial charge in [-0.25, -0.2) is 13.4 Å². The molecule has 2 heterocycles. The number of rotatable bonds is 6. The van der Waals surface area contributed by atoms with Gasteiger partial charge in [-0.15, -0.1) is 0 Å². The van der Waals surface area contributed by atoms with E-state index in [1.54, 1.807) is 52.6 Å². The maximum absolute atomic E-state index is 13.0. The summed E-state index contributed by atoms with van der Waals surface area (Å²) in [5, 5.41) is 2.77. The van der Waals surface area contributed by atoms with Crippen LogP contribution in [0.3, 0.4) is 0 Å². The topological polar surface area (TPSA) is 101 Å². The van der Waals surface area contributed by atoms with Crippen molar-refractivity contribution < 1.29 is 18.0 Å². The van der Waals surface area contributed by atoms with Crippen LogP contribution in [0.4, 0.5) is 5.69 Å². The minimum absolute atomic E-state index is 0.0287. The molecule has 1 N–H and O–H groups in total. The zero-order chi connectivity index (χ0) is 23.6. The predicted molar refractivity (Wildman–Crippen MR) is 125 cm³/mol. The molecular weight excluding hydrogens is 440 g/mol. The molecule has 1 fully saturated rings. The van der Waals surface area contributed by atoms with Gasteiger partial charge in [-0.3, -0.25) is 9.59 Å². The van der Waals surface area contributed by atoms with Crippen LogP contribution in [0.25, 0.3) is 0 Å². The maximum atomic E-state index is 13.0. The first kappa shape index (κ1) is 22.9. The number of imidazole rings is 1. The number of carbonyl (C=O) groups is 2. The number of sulfonamides is 1. The number of hydrogen-bond donors (Lipinski definition) is 1. The molecule has 2 aromatic carbocycles. The molecule has 0 aliphatic carbocycles. The van der Waals surface area contributed by atoms with E-state index in [0.29, 0.717) is 29.2 Å². The number of nitrogens with zero attached hydrogens (tertiary/aromatic N) is 3. The van der Waals surface area contributed by atoms with E-state index in [1.807, 2.05) is 6.92 Å². The summed E-state index contributed by atoms with van der Waals surface area (Å²) in [7, 11) is -1.84. The number of hydrogen-bond acceptors (Lipinski definition) is 5. The molecule has 33 heavy (non-hydrogen) atoms. The minimum Gasteiger partial charge on any atom is -0.331 e. The lowest BCUT2D eigenvalue weighted by molar-refractivity contribution is 0.102. The average Bonchev–Trinajstić information content (AvgIpc) is 3.25. The summed E-state index contributed by atoms with van der Waals surface area (Å²) >= 11 is 0. The van der Waals surface area contributed by atoms with E-state index >= 15 is 0 Å². The van der Waals surface area contributed by atoms with Gasteiger partial charge in [0.15, 0.2) is 5.82 Å². The second-order valence-electron chi connectivity index (χ2n) is 8.21. The zero-order valence-corrected chi connectivity index (χ0v) is 19.4. The lowest BCUT2D eigenvalue weighted by Gasteiger charge is -2.32. The zero-order valence-electron chi connectivity index (χ0n) is 18.6. The molecule has 1 atom stereocenters. The Morgan fingerprint density at radius 2 is 1.67 bits per heavy atom. The molecule has 172 valence electrons. The summed E-state index contributed by atoms with van der Waals surface area (Å²) < 4.78 is 29.1. The molecule has 0 radical (unpaired) electrons. The Hall–Kier alpha value is -3.30. The molecule has 1 unspecified atom stereocenters. The number of amides is 1. The highest BCUT2D eigenvalue weighted by Gasteiger charge is 2.30. The van der Waals surface area contributed by atoms with Gasteiger partial charge in [-0.05, 0) is 68.3 Å². The van der Waals surface area contributed by atoms with Crippen molar-refractivity contribution in [3.05, 3.63) is 77.9 Å². The first-order valence-corrected chi connectivity index (χ1v) is 12.3. The van der Waals surface area contributed by atoms with E-state index in [0.717, 1.165) is 19.3 Å².